The Kier molecular flexibility index (Phi) is 6.00. The van der Waals surface area contributed by atoms with Crippen molar-refractivity contribution in [2.75, 3.05) is 11.9 Å². The summed E-state index contributed by atoms with van der Waals surface area (Å²) >= 11 is 0. The molecule has 1 heterocycles. The van der Waals surface area contributed by atoms with E-state index in [1.807, 2.05) is 48.5 Å². The van der Waals surface area contributed by atoms with Gasteiger partial charge in [0.1, 0.15) is 6.61 Å². The molecule has 0 aliphatic heterocycles. The normalized spacial score (nSPS) is 27.1. The Labute approximate surface area is 211 Å². The number of nitrogens with two attached hydrogens (primary N) is 1. The van der Waals surface area contributed by atoms with Gasteiger partial charge in [0, 0.05) is 30.0 Å². The second-order valence-corrected chi connectivity index (χ2v) is 11.2. The molecule has 1 atom stereocenters. The number of hydrogen-bond donors (Lipinski definition) is 2. The molecule has 3 aromatic rings. The fraction of sp³-hybridized carbons (Fsp3) is 0.433. The predicted molar refractivity (Wildman–Crippen MR) is 139 cm³/mol. The van der Waals surface area contributed by atoms with Gasteiger partial charge >= 0.3 is 5.97 Å². The van der Waals surface area contributed by atoms with Crippen molar-refractivity contribution in [3.63, 3.8) is 0 Å². The van der Waals surface area contributed by atoms with E-state index in [-0.39, 0.29) is 30.4 Å². The highest BCUT2D eigenvalue weighted by Crippen LogP contribution is 2.60. The Morgan fingerprint density at radius 3 is 2.33 bits per heavy atom. The van der Waals surface area contributed by atoms with Crippen LogP contribution in [0, 0.1) is 23.2 Å². The lowest BCUT2D eigenvalue weighted by atomic mass is 9.49. The third-order valence-corrected chi connectivity index (χ3v) is 8.68. The van der Waals surface area contributed by atoms with Crippen LogP contribution >= 0.6 is 0 Å². The lowest BCUT2D eigenvalue weighted by Crippen LogP contribution is -2.50. The summed E-state index contributed by atoms with van der Waals surface area (Å²) in [6.45, 7) is 0.468. The van der Waals surface area contributed by atoms with Crippen LogP contribution in [-0.4, -0.2) is 23.4 Å². The number of pyridine rings is 1. The second kappa shape index (κ2) is 9.32. The molecule has 4 fully saturated rings. The number of hydrogen-bond acceptors (Lipinski definition) is 5. The molecule has 36 heavy (non-hydrogen) atoms. The number of ether oxygens (including phenoxy) is 1. The molecule has 0 radical (unpaired) electrons. The number of benzene rings is 2. The quantitative estimate of drug-likeness (QED) is 0.452. The van der Waals surface area contributed by atoms with Gasteiger partial charge in [-0.2, -0.15) is 0 Å². The number of nitrogens with one attached hydrogen (secondary N) is 1. The van der Waals surface area contributed by atoms with Crippen LogP contribution in [0.25, 0.3) is 10.8 Å². The molecule has 7 rings (SSSR count). The predicted octanol–water partition coefficient (Wildman–Crippen LogP) is 5.18. The minimum atomic E-state index is -0.471. The number of amides is 1. The first-order valence-corrected chi connectivity index (χ1v) is 13.1. The van der Waals surface area contributed by atoms with Gasteiger partial charge in [-0.1, -0.05) is 30.3 Å². The third kappa shape index (κ3) is 4.39. The van der Waals surface area contributed by atoms with Gasteiger partial charge in [-0.3, -0.25) is 14.6 Å². The fourth-order valence-corrected chi connectivity index (χ4v) is 7.29. The maximum absolute atomic E-state index is 13.1. The third-order valence-electron chi connectivity index (χ3n) is 8.68. The number of carbonyl (C=O) groups is 2. The molecule has 186 valence electrons. The van der Waals surface area contributed by atoms with Gasteiger partial charge < -0.3 is 15.8 Å². The smallest absolute Gasteiger partial charge is 0.312 e. The average Bonchev–Trinajstić information content (AvgIpc) is 2.87. The number of fused-ring (bicyclic) bond motifs is 1. The standard InChI is InChI=1S/C30H33N3O3/c31-16-27(28(34)33-26-6-5-25-17-32-8-7-24(25)12-26)23-3-1-19(2-4-23)18-36-29(35)30-13-20-9-21(14-30)11-22(10-20)15-30/h1-8,12,17,20-22,27H,9-11,13-16,18,31H2,(H,33,34)/t20?,21?,22?,27-,30?/m1/s1. The highest BCUT2D eigenvalue weighted by Gasteiger charge is 2.55. The van der Waals surface area contributed by atoms with Gasteiger partial charge in [0.25, 0.3) is 0 Å². The zero-order chi connectivity index (χ0) is 24.7. The minimum Gasteiger partial charge on any atom is -0.460 e. The number of anilines is 1. The van der Waals surface area contributed by atoms with Crippen LogP contribution in [0.15, 0.2) is 60.9 Å². The SMILES string of the molecule is NC[C@@H](C(=O)Nc1ccc2cnccc2c1)c1ccc(COC(=O)C23CC4CC(CC(C4)C2)C3)cc1. The fourth-order valence-electron chi connectivity index (χ4n) is 7.29. The molecule has 0 unspecified atom stereocenters. The molecular formula is C30H33N3O3. The Hall–Kier alpha value is -3.25. The Balaban J connectivity index is 1.08. The van der Waals surface area contributed by atoms with Crippen LogP contribution in [0.5, 0.6) is 0 Å². The van der Waals surface area contributed by atoms with Crippen molar-refractivity contribution >= 4 is 28.3 Å². The zero-order valence-electron chi connectivity index (χ0n) is 20.5. The van der Waals surface area contributed by atoms with Gasteiger partial charge in [-0.25, -0.2) is 0 Å². The molecule has 6 nitrogen and oxygen atoms in total. The summed E-state index contributed by atoms with van der Waals surface area (Å²) in [6.07, 6.45) is 10.5. The van der Waals surface area contributed by atoms with E-state index in [9.17, 15) is 9.59 Å². The maximum atomic E-state index is 13.1. The van der Waals surface area contributed by atoms with E-state index in [0.29, 0.717) is 17.8 Å². The van der Waals surface area contributed by atoms with Crippen molar-refractivity contribution in [2.24, 2.45) is 28.9 Å². The van der Waals surface area contributed by atoms with Crippen LogP contribution in [0.1, 0.15) is 55.6 Å². The summed E-state index contributed by atoms with van der Waals surface area (Å²) < 4.78 is 5.85. The molecule has 3 N–H and O–H groups in total. The molecule has 0 saturated heterocycles. The second-order valence-electron chi connectivity index (χ2n) is 11.2. The molecular weight excluding hydrogens is 450 g/mol. The molecule has 0 spiro atoms. The summed E-state index contributed by atoms with van der Waals surface area (Å²) in [6, 6.07) is 15.4. The summed E-state index contributed by atoms with van der Waals surface area (Å²) in [5, 5.41) is 5.02. The van der Waals surface area contributed by atoms with Gasteiger partial charge in [-0.15, -0.1) is 0 Å². The van der Waals surface area contributed by atoms with E-state index in [1.54, 1.807) is 12.4 Å². The first-order chi connectivity index (χ1) is 17.5. The van der Waals surface area contributed by atoms with Crippen LogP contribution in [0.2, 0.25) is 0 Å². The van der Waals surface area contributed by atoms with E-state index >= 15 is 0 Å². The molecule has 1 amide bonds. The summed E-state index contributed by atoms with van der Waals surface area (Å²) in [7, 11) is 0. The van der Waals surface area contributed by atoms with Crippen molar-refractivity contribution in [1.29, 1.82) is 0 Å². The zero-order valence-corrected chi connectivity index (χ0v) is 20.5. The van der Waals surface area contributed by atoms with E-state index in [1.165, 1.54) is 19.3 Å². The van der Waals surface area contributed by atoms with Gasteiger partial charge in [-0.05, 0) is 91.0 Å². The molecule has 1 aromatic heterocycles. The number of aromatic nitrogens is 1. The van der Waals surface area contributed by atoms with Gasteiger partial charge in [0.2, 0.25) is 5.91 Å². The number of nitrogens with zero attached hydrogens (tertiary/aromatic N) is 1. The van der Waals surface area contributed by atoms with Gasteiger partial charge in [0.15, 0.2) is 0 Å². The molecule has 4 bridgehead atoms. The van der Waals surface area contributed by atoms with Crippen LogP contribution < -0.4 is 11.1 Å². The van der Waals surface area contributed by atoms with Crippen molar-refractivity contribution in [2.45, 2.75) is 51.0 Å². The number of rotatable bonds is 7. The van der Waals surface area contributed by atoms with Crippen LogP contribution in [0.3, 0.4) is 0 Å². The monoisotopic (exact) mass is 483 g/mol. The first-order valence-electron chi connectivity index (χ1n) is 13.1. The summed E-state index contributed by atoms with van der Waals surface area (Å²) in [4.78, 5) is 30.3. The Bertz CT molecular complexity index is 1250. The van der Waals surface area contributed by atoms with Crippen molar-refractivity contribution in [3.8, 4) is 0 Å². The summed E-state index contributed by atoms with van der Waals surface area (Å²) in [5.74, 6) is 1.53. The summed E-state index contributed by atoms with van der Waals surface area (Å²) in [5.41, 5.74) is 8.25. The van der Waals surface area contributed by atoms with E-state index < -0.39 is 5.92 Å². The average molecular weight is 484 g/mol. The highest BCUT2D eigenvalue weighted by atomic mass is 16.5. The first kappa shape index (κ1) is 23.2. The van der Waals surface area contributed by atoms with Crippen LogP contribution in [0.4, 0.5) is 5.69 Å². The van der Waals surface area contributed by atoms with Crippen molar-refractivity contribution < 1.29 is 14.3 Å². The molecule has 4 aliphatic rings. The van der Waals surface area contributed by atoms with Crippen LogP contribution in [-0.2, 0) is 20.9 Å². The Morgan fingerprint density at radius 1 is 0.972 bits per heavy atom. The van der Waals surface area contributed by atoms with Crippen molar-refractivity contribution in [3.05, 3.63) is 72.1 Å². The molecule has 2 aromatic carbocycles. The lowest BCUT2D eigenvalue weighted by molar-refractivity contribution is -0.173. The molecule has 4 saturated carbocycles. The minimum absolute atomic E-state index is 0.00365. The van der Waals surface area contributed by atoms with E-state index in [2.05, 4.69) is 10.3 Å². The number of carbonyl (C=O) groups excluding carboxylic acids is 2. The Morgan fingerprint density at radius 2 is 1.67 bits per heavy atom. The largest absolute Gasteiger partial charge is 0.460 e. The number of esters is 1. The topological polar surface area (TPSA) is 94.3 Å². The van der Waals surface area contributed by atoms with Gasteiger partial charge in [0.05, 0.1) is 11.3 Å². The lowest BCUT2D eigenvalue weighted by Gasteiger charge is -2.55. The van der Waals surface area contributed by atoms with Crippen molar-refractivity contribution in [1.82, 2.24) is 4.98 Å². The highest BCUT2D eigenvalue weighted by molar-refractivity contribution is 5.98. The molecule has 6 heteroatoms. The molecule has 4 aliphatic carbocycles. The maximum Gasteiger partial charge on any atom is 0.312 e. The van der Waals surface area contributed by atoms with E-state index in [0.717, 1.165) is 46.8 Å². The van der Waals surface area contributed by atoms with E-state index in [4.69, 9.17) is 10.5 Å².